The number of fused-ring (bicyclic) bond motifs is 1. The maximum atomic E-state index is 12.8. The van der Waals surface area contributed by atoms with Gasteiger partial charge in [-0.15, -0.1) is 0 Å². The molecule has 122 valence electrons. The van der Waals surface area contributed by atoms with Gasteiger partial charge in [0, 0.05) is 43.4 Å². The van der Waals surface area contributed by atoms with E-state index in [0.717, 1.165) is 43.6 Å². The normalized spacial score (nSPS) is 23.3. The third-order valence-electron chi connectivity index (χ3n) is 4.88. The van der Waals surface area contributed by atoms with E-state index in [0.29, 0.717) is 11.8 Å². The molecule has 4 nitrogen and oxygen atoms in total. The molecular weight excluding hydrogens is 308 g/mol. The molecule has 2 aromatic rings. The summed E-state index contributed by atoms with van der Waals surface area (Å²) in [5.41, 5.74) is 0.787. The summed E-state index contributed by atoms with van der Waals surface area (Å²) in [6, 6.07) is 10.4. The molecule has 2 fully saturated rings. The number of benzene rings is 1. The summed E-state index contributed by atoms with van der Waals surface area (Å²) in [5.74, 6) is 3.03. The van der Waals surface area contributed by atoms with Crippen molar-refractivity contribution in [3.05, 3.63) is 36.1 Å². The van der Waals surface area contributed by atoms with Gasteiger partial charge in [0.05, 0.1) is 0 Å². The second kappa shape index (κ2) is 6.57. The topological polar surface area (TPSA) is 36.7 Å². The van der Waals surface area contributed by atoms with Crippen molar-refractivity contribution in [3.8, 4) is 0 Å². The number of furan rings is 1. The number of carbonyl (C=O) groups excluding carboxylic acids is 1. The molecule has 1 aromatic carbocycles. The van der Waals surface area contributed by atoms with Crippen LogP contribution in [0.3, 0.4) is 0 Å². The van der Waals surface area contributed by atoms with Gasteiger partial charge in [-0.2, -0.15) is 11.8 Å². The lowest BCUT2D eigenvalue weighted by Crippen LogP contribution is -2.39. The summed E-state index contributed by atoms with van der Waals surface area (Å²) in [6.45, 7) is 3.72. The van der Waals surface area contributed by atoms with Crippen LogP contribution in [0.25, 0.3) is 11.0 Å². The monoisotopic (exact) mass is 330 g/mol. The van der Waals surface area contributed by atoms with Crippen LogP contribution in [0.1, 0.15) is 23.4 Å². The van der Waals surface area contributed by atoms with E-state index >= 15 is 0 Å². The number of nitrogens with zero attached hydrogens (tertiary/aromatic N) is 2. The molecule has 2 aliphatic heterocycles. The first-order valence-electron chi connectivity index (χ1n) is 8.41. The average Bonchev–Trinajstić information content (AvgIpc) is 3.19. The molecule has 1 atom stereocenters. The maximum Gasteiger partial charge on any atom is 0.289 e. The Morgan fingerprint density at radius 2 is 2.09 bits per heavy atom. The number of hydrogen-bond donors (Lipinski definition) is 0. The van der Waals surface area contributed by atoms with Crippen LogP contribution in [0.4, 0.5) is 0 Å². The van der Waals surface area contributed by atoms with Crippen molar-refractivity contribution in [1.29, 1.82) is 0 Å². The molecule has 2 saturated heterocycles. The summed E-state index contributed by atoms with van der Waals surface area (Å²) in [5, 5.41) is 0.996. The summed E-state index contributed by atoms with van der Waals surface area (Å²) in [7, 11) is 0. The van der Waals surface area contributed by atoms with Gasteiger partial charge >= 0.3 is 0 Å². The van der Waals surface area contributed by atoms with Crippen LogP contribution in [0.15, 0.2) is 34.7 Å². The van der Waals surface area contributed by atoms with E-state index in [1.165, 1.54) is 17.9 Å². The van der Waals surface area contributed by atoms with Gasteiger partial charge < -0.3 is 9.32 Å². The van der Waals surface area contributed by atoms with Gasteiger partial charge in [0.15, 0.2) is 5.76 Å². The van der Waals surface area contributed by atoms with Crippen LogP contribution in [-0.4, -0.2) is 59.4 Å². The second-order valence-electron chi connectivity index (χ2n) is 6.35. The number of hydrogen-bond acceptors (Lipinski definition) is 4. The molecule has 0 spiro atoms. The Labute approximate surface area is 140 Å². The summed E-state index contributed by atoms with van der Waals surface area (Å²) < 4.78 is 5.74. The molecule has 23 heavy (non-hydrogen) atoms. The first-order valence-corrected chi connectivity index (χ1v) is 9.56. The van der Waals surface area contributed by atoms with Crippen LogP contribution < -0.4 is 0 Å². The van der Waals surface area contributed by atoms with Crippen molar-refractivity contribution < 1.29 is 9.21 Å². The SMILES string of the molecule is O=C(c1cc2ccccc2o1)N1CCCN(C2CCSC2)CC1. The zero-order valence-electron chi connectivity index (χ0n) is 13.2. The van der Waals surface area contributed by atoms with Gasteiger partial charge in [-0.05, 0) is 30.7 Å². The van der Waals surface area contributed by atoms with Crippen molar-refractivity contribution in [2.45, 2.75) is 18.9 Å². The highest BCUT2D eigenvalue weighted by Gasteiger charge is 2.27. The molecule has 3 heterocycles. The fraction of sp³-hybridized carbons (Fsp3) is 0.500. The Balaban J connectivity index is 1.45. The first-order chi connectivity index (χ1) is 11.3. The summed E-state index contributed by atoms with van der Waals surface area (Å²) in [4.78, 5) is 17.3. The minimum atomic E-state index is 0.0313. The lowest BCUT2D eigenvalue weighted by molar-refractivity contribution is 0.0729. The van der Waals surface area contributed by atoms with Crippen LogP contribution in [0.5, 0.6) is 0 Å². The van der Waals surface area contributed by atoms with Gasteiger partial charge in [0.1, 0.15) is 5.58 Å². The molecule has 0 aliphatic carbocycles. The van der Waals surface area contributed by atoms with Gasteiger partial charge in [0.2, 0.25) is 0 Å². The molecule has 1 amide bonds. The largest absolute Gasteiger partial charge is 0.451 e. The maximum absolute atomic E-state index is 12.8. The van der Waals surface area contributed by atoms with Crippen molar-refractivity contribution in [2.75, 3.05) is 37.7 Å². The van der Waals surface area contributed by atoms with Crippen molar-refractivity contribution in [2.24, 2.45) is 0 Å². The van der Waals surface area contributed by atoms with E-state index in [9.17, 15) is 4.79 Å². The number of thioether (sulfide) groups is 1. The molecule has 0 radical (unpaired) electrons. The highest BCUT2D eigenvalue weighted by Crippen LogP contribution is 2.24. The van der Waals surface area contributed by atoms with Crippen molar-refractivity contribution >= 4 is 28.6 Å². The van der Waals surface area contributed by atoms with Crippen molar-refractivity contribution in [3.63, 3.8) is 0 Å². The molecule has 1 aromatic heterocycles. The average molecular weight is 330 g/mol. The number of rotatable bonds is 2. The van der Waals surface area contributed by atoms with E-state index < -0.39 is 0 Å². The first kappa shape index (κ1) is 15.1. The quantitative estimate of drug-likeness (QED) is 0.848. The molecule has 1 unspecified atom stereocenters. The molecule has 0 bridgehead atoms. The van der Waals surface area contributed by atoms with E-state index in [1.807, 2.05) is 35.2 Å². The second-order valence-corrected chi connectivity index (χ2v) is 7.50. The van der Waals surface area contributed by atoms with Crippen LogP contribution in [0.2, 0.25) is 0 Å². The highest BCUT2D eigenvalue weighted by molar-refractivity contribution is 7.99. The van der Waals surface area contributed by atoms with Gasteiger partial charge in [-0.1, -0.05) is 18.2 Å². The third kappa shape index (κ3) is 3.12. The lowest BCUT2D eigenvalue weighted by Gasteiger charge is -2.26. The molecule has 0 saturated carbocycles. The van der Waals surface area contributed by atoms with Crippen LogP contribution in [-0.2, 0) is 0 Å². The minimum Gasteiger partial charge on any atom is -0.451 e. The minimum absolute atomic E-state index is 0.0313. The highest BCUT2D eigenvalue weighted by atomic mass is 32.2. The van der Waals surface area contributed by atoms with E-state index in [-0.39, 0.29) is 5.91 Å². The third-order valence-corrected chi connectivity index (χ3v) is 6.02. The zero-order chi connectivity index (χ0) is 15.6. The predicted octanol–water partition coefficient (Wildman–Crippen LogP) is 3.09. The van der Waals surface area contributed by atoms with E-state index in [4.69, 9.17) is 4.42 Å². The smallest absolute Gasteiger partial charge is 0.289 e. The Morgan fingerprint density at radius 3 is 2.91 bits per heavy atom. The molecule has 4 rings (SSSR count). The Morgan fingerprint density at radius 1 is 1.17 bits per heavy atom. The fourth-order valence-electron chi connectivity index (χ4n) is 3.56. The Kier molecular flexibility index (Phi) is 4.31. The Hall–Kier alpha value is -1.46. The number of amides is 1. The predicted molar refractivity (Wildman–Crippen MR) is 94.0 cm³/mol. The molecular formula is C18H22N2O2S. The zero-order valence-corrected chi connectivity index (χ0v) is 14.1. The van der Waals surface area contributed by atoms with Gasteiger partial charge in [-0.3, -0.25) is 9.69 Å². The van der Waals surface area contributed by atoms with E-state index in [2.05, 4.69) is 16.7 Å². The number of para-hydroxylation sites is 1. The molecule has 0 N–H and O–H groups in total. The summed E-state index contributed by atoms with van der Waals surface area (Å²) >= 11 is 2.05. The lowest BCUT2D eigenvalue weighted by atomic mass is 10.2. The number of carbonyl (C=O) groups is 1. The van der Waals surface area contributed by atoms with Crippen LogP contribution in [0, 0.1) is 0 Å². The van der Waals surface area contributed by atoms with E-state index in [1.54, 1.807) is 0 Å². The van der Waals surface area contributed by atoms with Crippen molar-refractivity contribution in [1.82, 2.24) is 9.80 Å². The Bertz CT molecular complexity index is 660. The molecule has 5 heteroatoms. The van der Waals surface area contributed by atoms with Crippen LogP contribution >= 0.6 is 11.8 Å². The fourth-order valence-corrected chi connectivity index (χ4v) is 4.81. The standard InChI is InChI=1S/C18H22N2O2S/c21-18(17-12-14-4-1-2-5-16(14)22-17)20-8-3-7-19(9-10-20)15-6-11-23-13-15/h1-2,4-5,12,15H,3,6-11,13H2. The van der Waals surface area contributed by atoms with Gasteiger partial charge in [-0.25, -0.2) is 0 Å². The molecule has 2 aliphatic rings. The van der Waals surface area contributed by atoms with Gasteiger partial charge in [0.25, 0.3) is 5.91 Å². The summed E-state index contributed by atoms with van der Waals surface area (Å²) in [6.07, 6.45) is 2.34.